The van der Waals surface area contributed by atoms with E-state index in [9.17, 15) is 0 Å². The highest BCUT2D eigenvalue weighted by Crippen LogP contribution is 2.38. The van der Waals surface area contributed by atoms with Gasteiger partial charge in [0.15, 0.2) is 0 Å². The van der Waals surface area contributed by atoms with Crippen LogP contribution in [0.1, 0.15) is 19.4 Å². The zero-order valence-corrected chi connectivity index (χ0v) is 12.2. The average Bonchev–Trinajstić information content (AvgIpc) is 2.36. The van der Waals surface area contributed by atoms with Crippen molar-refractivity contribution in [3.05, 3.63) is 17.7 Å². The quantitative estimate of drug-likeness (QED) is 0.872. The Morgan fingerprint density at radius 3 is 2.28 bits per heavy atom. The molecule has 0 fully saturated rings. The van der Waals surface area contributed by atoms with Crippen LogP contribution in [-0.2, 0) is 0 Å². The summed E-state index contributed by atoms with van der Waals surface area (Å²) in [6, 6.07) is 3.90. The van der Waals surface area contributed by atoms with Crippen LogP contribution in [0.4, 0.5) is 5.69 Å². The summed E-state index contributed by atoms with van der Waals surface area (Å²) in [5, 5.41) is 0. The Hall–Kier alpha value is -1.42. The molecule has 0 aliphatic heterocycles. The van der Waals surface area contributed by atoms with Crippen molar-refractivity contribution in [1.29, 1.82) is 0 Å². The molecule has 1 rings (SSSR count). The number of aryl methyl sites for hydroxylation is 1. The molecule has 1 aromatic carbocycles. The maximum absolute atomic E-state index is 5.84. The maximum Gasteiger partial charge on any atom is 0.146 e. The van der Waals surface area contributed by atoms with E-state index in [1.54, 1.807) is 14.2 Å². The lowest BCUT2D eigenvalue weighted by Crippen LogP contribution is -2.47. The lowest BCUT2D eigenvalue weighted by Gasteiger charge is -2.38. The molecule has 4 nitrogen and oxygen atoms in total. The van der Waals surface area contributed by atoms with E-state index in [0.29, 0.717) is 6.54 Å². The van der Waals surface area contributed by atoms with Crippen LogP contribution in [0, 0.1) is 6.92 Å². The minimum Gasteiger partial charge on any atom is -0.497 e. The van der Waals surface area contributed by atoms with Crippen LogP contribution in [-0.4, -0.2) is 33.4 Å². The Morgan fingerprint density at radius 1 is 1.22 bits per heavy atom. The smallest absolute Gasteiger partial charge is 0.146 e. The second kappa shape index (κ2) is 5.48. The minimum atomic E-state index is -0.132. The first kappa shape index (κ1) is 14.6. The SMILES string of the molecule is COc1cc(C)c(N(C)C(C)(C)CN)c(OC)c1. The zero-order chi connectivity index (χ0) is 13.9. The third kappa shape index (κ3) is 2.70. The summed E-state index contributed by atoms with van der Waals surface area (Å²) < 4.78 is 10.7. The van der Waals surface area contributed by atoms with Crippen molar-refractivity contribution in [3.8, 4) is 11.5 Å². The summed E-state index contributed by atoms with van der Waals surface area (Å²) in [7, 11) is 5.35. The molecule has 1 aromatic rings. The highest BCUT2D eigenvalue weighted by atomic mass is 16.5. The van der Waals surface area contributed by atoms with Gasteiger partial charge in [-0.2, -0.15) is 0 Å². The highest BCUT2D eigenvalue weighted by Gasteiger charge is 2.26. The van der Waals surface area contributed by atoms with Crippen molar-refractivity contribution in [2.45, 2.75) is 26.3 Å². The third-order valence-electron chi connectivity index (χ3n) is 3.44. The molecule has 0 saturated heterocycles. The van der Waals surface area contributed by atoms with Gasteiger partial charge in [-0.25, -0.2) is 0 Å². The number of nitrogens with two attached hydrogens (primary N) is 1. The van der Waals surface area contributed by atoms with Crippen LogP contribution in [0.25, 0.3) is 0 Å². The summed E-state index contributed by atoms with van der Waals surface area (Å²) in [5.74, 6) is 1.60. The summed E-state index contributed by atoms with van der Waals surface area (Å²) in [5.41, 5.74) is 7.86. The first-order chi connectivity index (χ1) is 8.37. The van der Waals surface area contributed by atoms with Gasteiger partial charge in [0.2, 0.25) is 0 Å². The predicted molar refractivity (Wildman–Crippen MR) is 75.8 cm³/mol. The molecule has 0 saturated carbocycles. The Labute approximate surface area is 110 Å². The van der Waals surface area contributed by atoms with Crippen molar-refractivity contribution >= 4 is 5.69 Å². The number of benzene rings is 1. The second-order valence-electron chi connectivity index (χ2n) is 5.07. The van der Waals surface area contributed by atoms with Crippen LogP contribution in [0.2, 0.25) is 0 Å². The number of likely N-dealkylation sites (N-methyl/N-ethyl adjacent to an activating group) is 1. The van der Waals surface area contributed by atoms with Crippen LogP contribution < -0.4 is 20.1 Å². The Kier molecular flexibility index (Phi) is 4.46. The van der Waals surface area contributed by atoms with Crippen molar-refractivity contribution in [1.82, 2.24) is 0 Å². The van der Waals surface area contributed by atoms with Crippen LogP contribution in [0.5, 0.6) is 11.5 Å². The summed E-state index contributed by atoms with van der Waals surface area (Å²) in [6.45, 7) is 6.83. The minimum absolute atomic E-state index is 0.132. The first-order valence-corrected chi connectivity index (χ1v) is 6.04. The fraction of sp³-hybridized carbons (Fsp3) is 0.571. The fourth-order valence-electron chi connectivity index (χ4n) is 1.86. The predicted octanol–water partition coefficient (Wildman–Crippen LogP) is 2.19. The number of anilines is 1. The molecule has 0 aliphatic carbocycles. The lowest BCUT2D eigenvalue weighted by molar-refractivity contribution is 0.390. The largest absolute Gasteiger partial charge is 0.497 e. The molecule has 0 amide bonds. The summed E-state index contributed by atoms with van der Waals surface area (Å²) in [4.78, 5) is 2.15. The van der Waals surface area contributed by atoms with Gasteiger partial charge in [0.25, 0.3) is 0 Å². The average molecular weight is 252 g/mol. The monoisotopic (exact) mass is 252 g/mol. The molecule has 0 atom stereocenters. The molecular formula is C14H24N2O2. The lowest BCUT2D eigenvalue weighted by atomic mass is 10.0. The molecule has 0 radical (unpaired) electrons. The van der Waals surface area contributed by atoms with Gasteiger partial charge in [0, 0.05) is 25.2 Å². The van der Waals surface area contributed by atoms with Crippen LogP contribution >= 0.6 is 0 Å². The van der Waals surface area contributed by atoms with Crippen LogP contribution in [0.3, 0.4) is 0 Å². The molecule has 0 bridgehead atoms. The number of hydrogen-bond donors (Lipinski definition) is 1. The van der Waals surface area contributed by atoms with Gasteiger partial charge in [-0.3, -0.25) is 0 Å². The van der Waals surface area contributed by atoms with Crippen molar-refractivity contribution in [2.24, 2.45) is 5.73 Å². The normalized spacial score (nSPS) is 11.3. The van der Waals surface area contributed by atoms with Crippen molar-refractivity contribution < 1.29 is 9.47 Å². The fourth-order valence-corrected chi connectivity index (χ4v) is 1.86. The number of rotatable bonds is 5. The van der Waals surface area contributed by atoms with E-state index in [2.05, 4.69) is 18.7 Å². The molecule has 0 spiro atoms. The van der Waals surface area contributed by atoms with E-state index in [1.165, 1.54) is 0 Å². The molecule has 102 valence electrons. The molecule has 0 aromatic heterocycles. The standard InChI is InChI=1S/C14H24N2O2/c1-10-7-11(17-5)8-12(18-6)13(10)16(4)14(2,3)9-15/h7-8H,9,15H2,1-6H3. The van der Waals surface area contributed by atoms with Gasteiger partial charge in [-0.15, -0.1) is 0 Å². The Morgan fingerprint density at radius 2 is 1.83 bits per heavy atom. The molecule has 2 N–H and O–H groups in total. The van der Waals surface area contributed by atoms with Gasteiger partial charge < -0.3 is 20.1 Å². The highest BCUT2D eigenvalue weighted by molar-refractivity contribution is 5.67. The number of methoxy groups -OCH3 is 2. The molecule has 0 aliphatic rings. The van der Waals surface area contributed by atoms with E-state index in [1.807, 2.05) is 26.1 Å². The van der Waals surface area contributed by atoms with Crippen molar-refractivity contribution in [2.75, 3.05) is 32.7 Å². The van der Waals surface area contributed by atoms with E-state index in [-0.39, 0.29) is 5.54 Å². The second-order valence-corrected chi connectivity index (χ2v) is 5.07. The maximum atomic E-state index is 5.84. The summed E-state index contributed by atoms with van der Waals surface area (Å²) in [6.07, 6.45) is 0. The van der Waals surface area contributed by atoms with Gasteiger partial charge in [-0.05, 0) is 32.4 Å². The van der Waals surface area contributed by atoms with E-state index < -0.39 is 0 Å². The molecule has 0 heterocycles. The third-order valence-corrected chi connectivity index (χ3v) is 3.44. The van der Waals surface area contributed by atoms with Crippen molar-refractivity contribution in [3.63, 3.8) is 0 Å². The van der Waals surface area contributed by atoms with Gasteiger partial charge in [0.1, 0.15) is 11.5 Å². The van der Waals surface area contributed by atoms with Gasteiger partial charge >= 0.3 is 0 Å². The zero-order valence-electron chi connectivity index (χ0n) is 12.2. The first-order valence-electron chi connectivity index (χ1n) is 6.04. The van der Waals surface area contributed by atoms with Gasteiger partial charge in [-0.1, -0.05) is 0 Å². The van der Waals surface area contributed by atoms with E-state index in [4.69, 9.17) is 15.2 Å². The number of hydrogen-bond acceptors (Lipinski definition) is 4. The number of nitrogens with zero attached hydrogens (tertiary/aromatic N) is 1. The number of ether oxygens (including phenoxy) is 2. The topological polar surface area (TPSA) is 47.7 Å². The molecule has 0 unspecified atom stereocenters. The van der Waals surface area contributed by atoms with E-state index in [0.717, 1.165) is 22.7 Å². The molecule has 4 heteroatoms. The molecule has 18 heavy (non-hydrogen) atoms. The van der Waals surface area contributed by atoms with E-state index >= 15 is 0 Å². The van der Waals surface area contributed by atoms with Crippen LogP contribution in [0.15, 0.2) is 12.1 Å². The molecular weight excluding hydrogens is 228 g/mol. The van der Waals surface area contributed by atoms with Gasteiger partial charge in [0.05, 0.1) is 19.9 Å². The summed E-state index contributed by atoms with van der Waals surface area (Å²) >= 11 is 0. The Balaban J connectivity index is 3.31. The Bertz CT molecular complexity index is 417.